The van der Waals surface area contributed by atoms with Crippen molar-refractivity contribution in [3.05, 3.63) is 42.1 Å². The molecule has 0 N–H and O–H groups in total. The maximum atomic E-state index is 4.66. The van der Waals surface area contributed by atoms with Crippen LogP contribution in [0.2, 0.25) is 0 Å². The van der Waals surface area contributed by atoms with Gasteiger partial charge in [-0.15, -0.1) is 11.8 Å². The maximum absolute atomic E-state index is 4.66. The molecular formula is C19H27N5S. The minimum atomic E-state index is 0.461. The largest absolute Gasteiger partial charge is 0.363 e. The first-order chi connectivity index (χ1) is 12.1. The van der Waals surface area contributed by atoms with Crippen LogP contribution in [0.5, 0.6) is 0 Å². The summed E-state index contributed by atoms with van der Waals surface area (Å²) in [6, 6.07) is 11.3. The Morgan fingerprint density at radius 2 is 1.92 bits per heavy atom. The van der Waals surface area contributed by atoms with Crippen LogP contribution in [0.25, 0.3) is 0 Å². The van der Waals surface area contributed by atoms with Crippen molar-refractivity contribution >= 4 is 23.5 Å². The predicted octanol–water partition coefficient (Wildman–Crippen LogP) is 2.98. The van der Waals surface area contributed by atoms with E-state index in [0.29, 0.717) is 6.04 Å². The summed E-state index contributed by atoms with van der Waals surface area (Å²) in [4.78, 5) is 17.2. The lowest BCUT2D eigenvalue weighted by Gasteiger charge is -2.25. The molecule has 3 rings (SSSR count). The number of thioether (sulfide) groups is 1. The standard InChI is InChI=1S/C19H27N5S/c1-22(2)18-9-11-20-19(21-18)23(3)16-10-12-24(14-16)13-15-5-7-17(25-4)8-6-15/h5-9,11,16H,10,12-14H2,1-4H3. The van der Waals surface area contributed by atoms with Gasteiger partial charge in [0, 0.05) is 57.9 Å². The third-order valence-corrected chi connectivity index (χ3v) is 5.51. The van der Waals surface area contributed by atoms with E-state index in [1.54, 1.807) is 11.8 Å². The van der Waals surface area contributed by atoms with Crippen molar-refractivity contribution in [2.24, 2.45) is 0 Å². The first kappa shape index (κ1) is 18.0. The third kappa shape index (κ3) is 4.44. The van der Waals surface area contributed by atoms with Crippen molar-refractivity contribution in [3.63, 3.8) is 0 Å². The summed E-state index contributed by atoms with van der Waals surface area (Å²) in [6.07, 6.45) is 5.10. The van der Waals surface area contributed by atoms with Crippen molar-refractivity contribution in [1.82, 2.24) is 14.9 Å². The van der Waals surface area contributed by atoms with Gasteiger partial charge in [0.1, 0.15) is 5.82 Å². The predicted molar refractivity (Wildman–Crippen MR) is 107 cm³/mol. The van der Waals surface area contributed by atoms with Crippen LogP contribution in [0, 0.1) is 0 Å². The van der Waals surface area contributed by atoms with Crippen LogP contribution in [0.3, 0.4) is 0 Å². The topological polar surface area (TPSA) is 35.5 Å². The fourth-order valence-corrected chi connectivity index (χ4v) is 3.59. The number of hydrogen-bond donors (Lipinski definition) is 0. The van der Waals surface area contributed by atoms with Crippen LogP contribution in [0.4, 0.5) is 11.8 Å². The van der Waals surface area contributed by atoms with Crippen molar-refractivity contribution in [1.29, 1.82) is 0 Å². The zero-order chi connectivity index (χ0) is 17.8. The number of nitrogens with zero attached hydrogens (tertiary/aromatic N) is 5. The second-order valence-corrected chi connectivity index (χ2v) is 7.63. The molecule has 1 unspecified atom stereocenters. The quantitative estimate of drug-likeness (QED) is 0.740. The number of likely N-dealkylation sites (tertiary alicyclic amines) is 1. The fraction of sp³-hybridized carbons (Fsp3) is 0.474. The minimum Gasteiger partial charge on any atom is -0.363 e. The van der Waals surface area contributed by atoms with Crippen LogP contribution >= 0.6 is 11.8 Å². The molecule has 2 heterocycles. The van der Waals surface area contributed by atoms with E-state index in [-0.39, 0.29) is 0 Å². The van der Waals surface area contributed by atoms with Crippen molar-refractivity contribution in [3.8, 4) is 0 Å². The molecule has 5 nitrogen and oxygen atoms in total. The molecule has 1 aromatic heterocycles. The van der Waals surface area contributed by atoms with Crippen LogP contribution in [0.1, 0.15) is 12.0 Å². The molecule has 1 aromatic carbocycles. The summed E-state index contributed by atoms with van der Waals surface area (Å²) in [5, 5.41) is 0. The molecule has 1 saturated heterocycles. The Balaban J connectivity index is 1.60. The van der Waals surface area contributed by atoms with E-state index in [0.717, 1.165) is 37.8 Å². The van der Waals surface area contributed by atoms with E-state index in [2.05, 4.69) is 57.3 Å². The summed E-state index contributed by atoms with van der Waals surface area (Å²) >= 11 is 1.79. The molecular weight excluding hydrogens is 330 g/mol. The van der Waals surface area contributed by atoms with E-state index < -0.39 is 0 Å². The Morgan fingerprint density at radius 3 is 2.60 bits per heavy atom. The Kier molecular flexibility index (Phi) is 5.81. The highest BCUT2D eigenvalue weighted by Crippen LogP contribution is 2.22. The Morgan fingerprint density at radius 1 is 1.16 bits per heavy atom. The molecule has 0 spiro atoms. The molecule has 1 fully saturated rings. The molecule has 0 bridgehead atoms. The van der Waals surface area contributed by atoms with E-state index in [1.165, 1.54) is 10.5 Å². The van der Waals surface area contributed by atoms with Crippen molar-refractivity contribution in [2.75, 3.05) is 50.3 Å². The first-order valence-electron chi connectivity index (χ1n) is 8.65. The molecule has 1 atom stereocenters. The van der Waals surface area contributed by atoms with Gasteiger partial charge in [-0.2, -0.15) is 4.98 Å². The highest BCUT2D eigenvalue weighted by atomic mass is 32.2. The normalized spacial score (nSPS) is 17.7. The number of anilines is 2. The smallest absolute Gasteiger partial charge is 0.227 e. The molecule has 0 aliphatic carbocycles. The molecule has 0 radical (unpaired) electrons. The SMILES string of the molecule is CSc1ccc(CN2CCC(N(C)c3nccc(N(C)C)n3)C2)cc1. The lowest BCUT2D eigenvalue weighted by molar-refractivity contribution is 0.325. The number of hydrogen-bond acceptors (Lipinski definition) is 6. The number of benzene rings is 1. The maximum Gasteiger partial charge on any atom is 0.227 e. The van der Waals surface area contributed by atoms with E-state index in [9.17, 15) is 0 Å². The Labute approximate surface area is 155 Å². The summed E-state index contributed by atoms with van der Waals surface area (Å²) < 4.78 is 0. The average Bonchev–Trinajstić information content (AvgIpc) is 3.10. The lowest BCUT2D eigenvalue weighted by atomic mass is 10.2. The summed E-state index contributed by atoms with van der Waals surface area (Å²) in [7, 11) is 6.12. The lowest BCUT2D eigenvalue weighted by Crippen LogP contribution is -2.35. The zero-order valence-electron chi connectivity index (χ0n) is 15.5. The summed E-state index contributed by atoms with van der Waals surface area (Å²) in [5.74, 6) is 1.75. The Hall–Kier alpha value is -1.79. The van der Waals surface area contributed by atoms with Gasteiger partial charge in [-0.3, -0.25) is 4.90 Å². The van der Waals surface area contributed by atoms with Gasteiger partial charge in [0.05, 0.1) is 0 Å². The highest BCUT2D eigenvalue weighted by Gasteiger charge is 2.27. The van der Waals surface area contributed by atoms with Gasteiger partial charge < -0.3 is 9.80 Å². The van der Waals surface area contributed by atoms with E-state index in [4.69, 9.17) is 0 Å². The Bertz CT molecular complexity index is 688. The molecule has 25 heavy (non-hydrogen) atoms. The summed E-state index contributed by atoms with van der Waals surface area (Å²) in [6.45, 7) is 3.18. The highest BCUT2D eigenvalue weighted by molar-refractivity contribution is 7.98. The number of aromatic nitrogens is 2. The van der Waals surface area contributed by atoms with Crippen LogP contribution < -0.4 is 9.80 Å². The van der Waals surface area contributed by atoms with Crippen LogP contribution in [0.15, 0.2) is 41.4 Å². The molecule has 1 aliphatic heterocycles. The minimum absolute atomic E-state index is 0.461. The van der Waals surface area contributed by atoms with Gasteiger partial charge >= 0.3 is 0 Å². The van der Waals surface area contributed by atoms with Crippen molar-refractivity contribution < 1.29 is 0 Å². The molecule has 0 saturated carbocycles. The molecule has 1 aliphatic rings. The van der Waals surface area contributed by atoms with Crippen LogP contribution in [-0.2, 0) is 6.54 Å². The van der Waals surface area contributed by atoms with Gasteiger partial charge in [0.15, 0.2) is 0 Å². The fourth-order valence-electron chi connectivity index (χ4n) is 3.18. The van der Waals surface area contributed by atoms with Gasteiger partial charge in [-0.05, 0) is 36.4 Å². The van der Waals surface area contributed by atoms with Gasteiger partial charge in [-0.25, -0.2) is 4.98 Å². The molecule has 2 aromatic rings. The number of rotatable bonds is 6. The monoisotopic (exact) mass is 357 g/mol. The molecule has 134 valence electrons. The molecule has 6 heteroatoms. The van der Waals surface area contributed by atoms with Gasteiger partial charge in [0.25, 0.3) is 0 Å². The summed E-state index contributed by atoms with van der Waals surface area (Å²) in [5.41, 5.74) is 1.38. The van der Waals surface area contributed by atoms with E-state index >= 15 is 0 Å². The number of likely N-dealkylation sites (N-methyl/N-ethyl adjacent to an activating group) is 1. The molecule has 0 amide bonds. The average molecular weight is 358 g/mol. The first-order valence-corrected chi connectivity index (χ1v) is 9.88. The zero-order valence-corrected chi connectivity index (χ0v) is 16.3. The second-order valence-electron chi connectivity index (χ2n) is 6.75. The van der Waals surface area contributed by atoms with Gasteiger partial charge in [-0.1, -0.05) is 12.1 Å². The van der Waals surface area contributed by atoms with Gasteiger partial charge in [0.2, 0.25) is 5.95 Å². The van der Waals surface area contributed by atoms with Crippen LogP contribution in [-0.4, -0.2) is 61.4 Å². The third-order valence-electron chi connectivity index (χ3n) is 4.76. The van der Waals surface area contributed by atoms with Crippen molar-refractivity contribution in [2.45, 2.75) is 23.9 Å². The van der Waals surface area contributed by atoms with E-state index in [1.807, 2.05) is 31.3 Å². The second kappa shape index (κ2) is 8.06.